The normalized spacial score (nSPS) is 17.6. The van der Waals surface area contributed by atoms with Crippen LogP contribution < -0.4 is 14.2 Å². The molecule has 4 rings (SSSR count). The summed E-state index contributed by atoms with van der Waals surface area (Å²) in [7, 11) is 3.08. The first-order chi connectivity index (χ1) is 20.3. The number of nitrogens with zero attached hydrogens (tertiary/aromatic N) is 4. The van der Waals surface area contributed by atoms with Crippen LogP contribution in [0.2, 0.25) is 0 Å². The van der Waals surface area contributed by atoms with Crippen molar-refractivity contribution < 1.29 is 33.2 Å². The van der Waals surface area contributed by atoms with Crippen LogP contribution in [0.4, 0.5) is 4.39 Å². The van der Waals surface area contributed by atoms with Crippen LogP contribution in [0.15, 0.2) is 54.9 Å². The van der Waals surface area contributed by atoms with Gasteiger partial charge in [0.1, 0.15) is 36.2 Å². The number of aromatic nitrogens is 2. The van der Waals surface area contributed by atoms with Gasteiger partial charge in [0.15, 0.2) is 11.5 Å². The highest BCUT2D eigenvalue weighted by Gasteiger charge is 2.37. The number of carbonyl (C=O) groups excluding carboxylic acids is 1. The number of halogens is 1. The Labute approximate surface area is 246 Å². The molecular weight excluding hydrogens is 543 g/mol. The van der Waals surface area contributed by atoms with Gasteiger partial charge in [0.2, 0.25) is 5.91 Å². The van der Waals surface area contributed by atoms with Crippen LogP contribution in [0.1, 0.15) is 24.7 Å². The maximum Gasteiger partial charge on any atom is 0.248 e. The molecule has 42 heavy (non-hydrogen) atoms. The van der Waals surface area contributed by atoms with Gasteiger partial charge in [-0.2, -0.15) is 0 Å². The number of aryl methyl sites for hydroxylation is 2. The van der Waals surface area contributed by atoms with Gasteiger partial charge < -0.3 is 33.5 Å². The van der Waals surface area contributed by atoms with Gasteiger partial charge in [-0.3, -0.25) is 9.69 Å². The molecule has 2 aromatic carbocycles. The van der Waals surface area contributed by atoms with Crippen LogP contribution in [0.25, 0.3) is 0 Å². The number of β-amino-alcohol motifs (C(OH)–C–C–N with tert-alkyl or cyclic N) is 1. The second kappa shape index (κ2) is 15.0. The van der Waals surface area contributed by atoms with Crippen LogP contribution >= 0.6 is 0 Å². The quantitative estimate of drug-likeness (QED) is 0.289. The van der Waals surface area contributed by atoms with Crippen molar-refractivity contribution in [2.45, 2.75) is 38.5 Å². The zero-order valence-electron chi connectivity index (χ0n) is 24.6. The van der Waals surface area contributed by atoms with Gasteiger partial charge in [-0.1, -0.05) is 13.0 Å². The lowest BCUT2D eigenvalue weighted by Gasteiger charge is -2.33. The number of methoxy groups -OCH3 is 2. The fourth-order valence-corrected chi connectivity index (χ4v) is 5.11. The fourth-order valence-electron chi connectivity index (χ4n) is 5.11. The fraction of sp³-hybridized carbons (Fsp3) is 0.484. The standard InChI is InChI=1S/C31H41FN4O6/c1-4-29-33-12-14-35(29)13-5-17-41-27-11-6-24(18-28(27)40-3)19-34-15-16-36(30(37)20-39-2)22-31(38,21-34)23-42-26-9-7-25(32)8-10-26/h6-12,14,18,38H,4-5,13,15-17,19-23H2,1-3H3/t31-/m1/s1. The second-order valence-electron chi connectivity index (χ2n) is 10.5. The summed E-state index contributed by atoms with van der Waals surface area (Å²) in [4.78, 5) is 20.7. The second-order valence-corrected chi connectivity index (χ2v) is 10.5. The molecule has 10 nitrogen and oxygen atoms in total. The van der Waals surface area contributed by atoms with Crippen molar-refractivity contribution in [3.63, 3.8) is 0 Å². The minimum atomic E-state index is -1.37. The zero-order valence-corrected chi connectivity index (χ0v) is 24.6. The molecule has 3 aromatic rings. The Kier molecular flexibility index (Phi) is 11.2. The van der Waals surface area contributed by atoms with E-state index in [1.807, 2.05) is 30.6 Å². The lowest BCUT2D eigenvalue weighted by atomic mass is 10.0. The van der Waals surface area contributed by atoms with E-state index in [2.05, 4.69) is 21.4 Å². The van der Waals surface area contributed by atoms with Crippen LogP contribution in [0, 0.1) is 5.82 Å². The molecule has 0 bridgehead atoms. The number of aliphatic hydroxyl groups is 1. The van der Waals surface area contributed by atoms with E-state index in [1.54, 1.807) is 12.0 Å². The molecule has 0 aliphatic carbocycles. The van der Waals surface area contributed by atoms with Crippen molar-refractivity contribution in [1.29, 1.82) is 0 Å². The summed E-state index contributed by atoms with van der Waals surface area (Å²) >= 11 is 0. The predicted molar refractivity (Wildman–Crippen MR) is 155 cm³/mol. The third kappa shape index (κ3) is 8.67. The molecule has 1 aliphatic heterocycles. The first-order valence-electron chi connectivity index (χ1n) is 14.2. The summed E-state index contributed by atoms with van der Waals surface area (Å²) in [5, 5.41) is 11.6. The van der Waals surface area contributed by atoms with Gasteiger partial charge in [0, 0.05) is 58.6 Å². The molecule has 1 amide bonds. The number of hydrogen-bond donors (Lipinski definition) is 1. The smallest absolute Gasteiger partial charge is 0.248 e. The van der Waals surface area contributed by atoms with E-state index in [1.165, 1.54) is 31.4 Å². The molecule has 0 saturated carbocycles. The molecule has 1 fully saturated rings. The van der Waals surface area contributed by atoms with Gasteiger partial charge in [0.05, 0.1) is 20.3 Å². The van der Waals surface area contributed by atoms with E-state index in [4.69, 9.17) is 18.9 Å². The van der Waals surface area contributed by atoms with E-state index in [9.17, 15) is 14.3 Å². The molecule has 0 spiro atoms. The van der Waals surface area contributed by atoms with E-state index in [-0.39, 0.29) is 38.0 Å². The molecular formula is C31H41FN4O6. The molecule has 1 N–H and O–H groups in total. The third-order valence-corrected chi connectivity index (χ3v) is 7.18. The highest BCUT2D eigenvalue weighted by atomic mass is 19.1. The summed E-state index contributed by atoms with van der Waals surface area (Å²) in [5.41, 5.74) is -0.391. The molecule has 1 aliphatic rings. The lowest BCUT2D eigenvalue weighted by Crippen LogP contribution is -2.52. The zero-order chi connectivity index (χ0) is 30.0. The van der Waals surface area contributed by atoms with Crippen molar-refractivity contribution in [2.24, 2.45) is 0 Å². The van der Waals surface area contributed by atoms with Crippen molar-refractivity contribution in [1.82, 2.24) is 19.4 Å². The van der Waals surface area contributed by atoms with Crippen LogP contribution in [0.5, 0.6) is 17.2 Å². The first kappa shape index (κ1) is 31.3. The van der Waals surface area contributed by atoms with Gasteiger partial charge in [-0.05, 0) is 48.4 Å². The molecule has 0 unspecified atom stereocenters. The minimum Gasteiger partial charge on any atom is -0.493 e. The molecule has 0 radical (unpaired) electrons. The van der Waals surface area contributed by atoms with Gasteiger partial charge >= 0.3 is 0 Å². The lowest BCUT2D eigenvalue weighted by molar-refractivity contribution is -0.138. The third-order valence-electron chi connectivity index (χ3n) is 7.18. The molecule has 1 saturated heterocycles. The SMILES string of the molecule is CCc1nccn1CCCOc1ccc(CN2CCN(C(=O)COC)C[C@@](O)(COc3ccc(F)cc3)C2)cc1OC. The van der Waals surface area contributed by atoms with E-state index in [0.717, 1.165) is 30.8 Å². The van der Waals surface area contributed by atoms with Crippen molar-refractivity contribution in [3.8, 4) is 17.2 Å². The summed E-state index contributed by atoms with van der Waals surface area (Å²) < 4.78 is 38.0. The Bertz CT molecular complexity index is 1290. The predicted octanol–water partition coefficient (Wildman–Crippen LogP) is 3.16. The maximum absolute atomic E-state index is 13.3. The number of ether oxygens (including phenoxy) is 4. The average molecular weight is 585 g/mol. The Morgan fingerprint density at radius 1 is 1.07 bits per heavy atom. The van der Waals surface area contributed by atoms with E-state index in [0.29, 0.717) is 43.5 Å². The molecule has 228 valence electrons. The molecule has 1 aromatic heterocycles. The van der Waals surface area contributed by atoms with Crippen molar-refractivity contribution in [2.75, 3.05) is 60.2 Å². The average Bonchev–Trinajstić information content (AvgIpc) is 3.38. The first-order valence-corrected chi connectivity index (χ1v) is 14.2. The molecule has 1 atom stereocenters. The summed E-state index contributed by atoms with van der Waals surface area (Å²) in [6, 6.07) is 11.4. The highest BCUT2D eigenvalue weighted by molar-refractivity contribution is 5.77. The van der Waals surface area contributed by atoms with Crippen LogP contribution in [-0.4, -0.2) is 96.2 Å². The van der Waals surface area contributed by atoms with Gasteiger partial charge in [-0.25, -0.2) is 9.37 Å². The molecule has 2 heterocycles. The van der Waals surface area contributed by atoms with Gasteiger partial charge in [0.25, 0.3) is 0 Å². The number of rotatable bonds is 14. The Balaban J connectivity index is 1.40. The van der Waals surface area contributed by atoms with Gasteiger partial charge in [-0.15, -0.1) is 0 Å². The van der Waals surface area contributed by atoms with E-state index < -0.39 is 5.60 Å². The van der Waals surface area contributed by atoms with Crippen molar-refractivity contribution in [3.05, 3.63) is 72.1 Å². The number of carbonyl (C=O) groups is 1. The van der Waals surface area contributed by atoms with Crippen LogP contribution in [0.3, 0.4) is 0 Å². The summed E-state index contributed by atoms with van der Waals surface area (Å²) in [5.74, 6) is 2.22. The maximum atomic E-state index is 13.3. The summed E-state index contributed by atoms with van der Waals surface area (Å²) in [6.45, 7) is 5.15. The number of amides is 1. The van der Waals surface area contributed by atoms with Crippen molar-refractivity contribution >= 4 is 5.91 Å². The Morgan fingerprint density at radius 3 is 2.62 bits per heavy atom. The monoisotopic (exact) mass is 584 g/mol. The molecule has 11 heteroatoms. The minimum absolute atomic E-state index is 0.0686. The Morgan fingerprint density at radius 2 is 1.88 bits per heavy atom. The topological polar surface area (TPSA) is 98.5 Å². The number of benzene rings is 2. The Hall–Kier alpha value is -3.67. The highest BCUT2D eigenvalue weighted by Crippen LogP contribution is 2.29. The summed E-state index contributed by atoms with van der Waals surface area (Å²) in [6.07, 6.45) is 5.53. The van der Waals surface area contributed by atoms with Crippen LogP contribution in [-0.2, 0) is 29.0 Å². The largest absolute Gasteiger partial charge is 0.493 e. The van der Waals surface area contributed by atoms with E-state index >= 15 is 0 Å². The number of hydrogen-bond acceptors (Lipinski definition) is 8. The number of imidazole rings is 1.